The lowest BCUT2D eigenvalue weighted by Crippen LogP contribution is -2.56. The summed E-state index contributed by atoms with van der Waals surface area (Å²) in [5.74, 6) is 0.0309. The van der Waals surface area contributed by atoms with Gasteiger partial charge in [-0.25, -0.2) is 0 Å². The number of hydrogen-bond donors (Lipinski definition) is 3. The number of benzene rings is 2. The van der Waals surface area contributed by atoms with Gasteiger partial charge in [0.05, 0.1) is 32.8 Å². The van der Waals surface area contributed by atoms with Crippen molar-refractivity contribution in [2.75, 3.05) is 33.9 Å². The number of fused-ring (bicyclic) bond motifs is 3. The highest BCUT2D eigenvalue weighted by Gasteiger charge is 2.52. The van der Waals surface area contributed by atoms with Crippen LogP contribution in [0.15, 0.2) is 48.0 Å². The van der Waals surface area contributed by atoms with Crippen LogP contribution in [0.3, 0.4) is 0 Å². The van der Waals surface area contributed by atoms with Crippen molar-refractivity contribution < 1.29 is 38.8 Å². The van der Waals surface area contributed by atoms with Crippen molar-refractivity contribution in [1.82, 2.24) is 10.2 Å². The molecule has 3 aliphatic rings. The minimum atomic E-state index is -1.16. The largest absolute Gasteiger partial charge is 0.497 e. The van der Waals surface area contributed by atoms with Crippen LogP contribution in [0, 0.1) is 5.92 Å². The first-order chi connectivity index (χ1) is 19.4. The zero-order valence-electron chi connectivity index (χ0n) is 22.5. The number of rotatable bonds is 11. The van der Waals surface area contributed by atoms with E-state index in [1.165, 1.54) is 7.11 Å². The molecule has 1 fully saturated rings. The fourth-order valence-electron chi connectivity index (χ4n) is 5.61. The van der Waals surface area contributed by atoms with Crippen LogP contribution in [-0.4, -0.2) is 85.4 Å². The molecular formula is C30H34N2O8. The average Bonchev–Trinajstić information content (AvgIpc) is 3.76. The maximum Gasteiger partial charge on any atom is 0.247 e. The van der Waals surface area contributed by atoms with Crippen LogP contribution in [0.2, 0.25) is 0 Å². The van der Waals surface area contributed by atoms with Gasteiger partial charge in [-0.1, -0.05) is 12.1 Å². The number of nitrogens with zero attached hydrogens (tertiary/aromatic N) is 1. The highest BCUT2D eigenvalue weighted by atomic mass is 16.5. The maximum atomic E-state index is 13.6. The molecule has 2 aromatic carbocycles. The average molecular weight is 551 g/mol. The Balaban J connectivity index is 1.54. The lowest BCUT2D eigenvalue weighted by atomic mass is 9.77. The smallest absolute Gasteiger partial charge is 0.247 e. The fourth-order valence-corrected chi connectivity index (χ4v) is 5.61. The zero-order valence-corrected chi connectivity index (χ0v) is 22.5. The number of amides is 2. The van der Waals surface area contributed by atoms with Crippen molar-refractivity contribution in [3.8, 4) is 17.2 Å². The second-order valence-electron chi connectivity index (χ2n) is 10.3. The number of aldehydes is 1. The number of carbonyl (C=O) groups is 3. The van der Waals surface area contributed by atoms with E-state index in [1.54, 1.807) is 30.2 Å². The summed E-state index contributed by atoms with van der Waals surface area (Å²) < 4.78 is 17.0. The SMILES string of the molecule is COc1cccc(CCN(C(=O)C2CC2)C2C=C(C(=O)NCCO)C3c4cc(C=O)cc(OC)c4OC3C2O)c1. The van der Waals surface area contributed by atoms with Gasteiger partial charge in [0.1, 0.15) is 24.2 Å². The van der Waals surface area contributed by atoms with E-state index in [4.69, 9.17) is 14.2 Å². The maximum absolute atomic E-state index is 13.6. The van der Waals surface area contributed by atoms with Crippen molar-refractivity contribution in [2.24, 2.45) is 5.92 Å². The first kappa shape index (κ1) is 27.7. The molecule has 40 heavy (non-hydrogen) atoms. The zero-order chi connectivity index (χ0) is 28.4. The third-order valence-corrected chi connectivity index (χ3v) is 7.76. The Labute approximate surface area is 232 Å². The molecule has 0 bridgehead atoms. The van der Waals surface area contributed by atoms with Crippen LogP contribution < -0.4 is 19.5 Å². The Hall–Kier alpha value is -3.89. The van der Waals surface area contributed by atoms with Gasteiger partial charge in [0.25, 0.3) is 0 Å². The van der Waals surface area contributed by atoms with E-state index in [0.29, 0.717) is 53.2 Å². The molecule has 2 amide bonds. The summed E-state index contributed by atoms with van der Waals surface area (Å²) in [7, 11) is 3.05. The molecule has 4 atom stereocenters. The van der Waals surface area contributed by atoms with Crippen LogP contribution in [0.25, 0.3) is 0 Å². The van der Waals surface area contributed by atoms with Gasteiger partial charge in [0.15, 0.2) is 11.5 Å². The van der Waals surface area contributed by atoms with Crippen molar-refractivity contribution in [3.63, 3.8) is 0 Å². The highest BCUT2D eigenvalue weighted by Crippen LogP contribution is 2.51. The number of nitrogens with one attached hydrogen (secondary N) is 1. The minimum Gasteiger partial charge on any atom is -0.497 e. The van der Waals surface area contributed by atoms with Crippen molar-refractivity contribution in [2.45, 2.75) is 43.4 Å². The number of ether oxygens (including phenoxy) is 3. The summed E-state index contributed by atoms with van der Waals surface area (Å²) >= 11 is 0. The molecule has 0 spiro atoms. The molecule has 4 unspecified atom stereocenters. The molecule has 2 aliphatic carbocycles. The van der Waals surface area contributed by atoms with E-state index in [1.807, 2.05) is 24.3 Å². The molecular weight excluding hydrogens is 516 g/mol. The van der Waals surface area contributed by atoms with Crippen LogP contribution in [-0.2, 0) is 16.0 Å². The van der Waals surface area contributed by atoms with Crippen LogP contribution >= 0.6 is 0 Å². The van der Waals surface area contributed by atoms with E-state index >= 15 is 0 Å². The Morgan fingerprint density at radius 2 is 1.98 bits per heavy atom. The van der Waals surface area contributed by atoms with E-state index in [2.05, 4.69) is 5.32 Å². The van der Waals surface area contributed by atoms with Gasteiger partial charge >= 0.3 is 0 Å². The van der Waals surface area contributed by atoms with Crippen LogP contribution in [0.5, 0.6) is 17.2 Å². The number of methoxy groups -OCH3 is 2. The van der Waals surface area contributed by atoms with Gasteiger partial charge in [-0.15, -0.1) is 0 Å². The summed E-state index contributed by atoms with van der Waals surface area (Å²) in [6.07, 6.45) is 2.34. The Bertz CT molecular complexity index is 1320. The quantitative estimate of drug-likeness (QED) is 0.360. The van der Waals surface area contributed by atoms with Crippen LogP contribution in [0.4, 0.5) is 0 Å². The monoisotopic (exact) mass is 550 g/mol. The number of aliphatic hydroxyl groups excluding tert-OH is 2. The molecule has 5 rings (SSSR count). The van der Waals surface area contributed by atoms with Crippen LogP contribution in [0.1, 0.15) is 40.2 Å². The Kier molecular flexibility index (Phi) is 8.09. The van der Waals surface area contributed by atoms with Gasteiger partial charge in [0, 0.05) is 35.7 Å². The molecule has 10 heteroatoms. The standard InChI is InChI=1S/C30H34N2O8/c1-38-20-5-3-4-17(12-20)8-10-32(30(37)19-6-7-19)23-15-22(29(36)31-9-11-33)25-21-13-18(16-34)14-24(39-2)27(21)40-28(25)26(23)35/h3-5,12-16,19,23,25-26,28,33,35H,6-11H2,1-2H3,(H,31,36). The molecule has 10 nitrogen and oxygen atoms in total. The normalized spacial score (nSPS) is 22.8. The van der Waals surface area contributed by atoms with Crippen molar-refractivity contribution in [1.29, 1.82) is 0 Å². The topological polar surface area (TPSA) is 135 Å². The molecule has 212 valence electrons. The lowest BCUT2D eigenvalue weighted by Gasteiger charge is -2.41. The fraction of sp³-hybridized carbons (Fsp3) is 0.433. The highest BCUT2D eigenvalue weighted by molar-refractivity contribution is 5.96. The van der Waals surface area contributed by atoms with Gasteiger partial charge in [-0.2, -0.15) is 0 Å². The van der Waals surface area contributed by atoms with E-state index in [0.717, 1.165) is 18.4 Å². The Morgan fingerprint density at radius 1 is 1.18 bits per heavy atom. The minimum absolute atomic E-state index is 0.0345. The first-order valence-electron chi connectivity index (χ1n) is 13.5. The predicted octanol–water partition coefficient (Wildman–Crippen LogP) is 1.62. The lowest BCUT2D eigenvalue weighted by molar-refractivity contribution is -0.138. The van der Waals surface area contributed by atoms with Gasteiger partial charge in [-0.3, -0.25) is 14.4 Å². The van der Waals surface area contributed by atoms with Gasteiger partial charge in [0.2, 0.25) is 11.8 Å². The van der Waals surface area contributed by atoms with E-state index in [9.17, 15) is 24.6 Å². The number of aliphatic hydroxyl groups is 2. The van der Waals surface area contributed by atoms with Gasteiger partial charge < -0.3 is 34.6 Å². The van der Waals surface area contributed by atoms with Crippen molar-refractivity contribution in [3.05, 3.63) is 64.7 Å². The van der Waals surface area contributed by atoms with Crippen molar-refractivity contribution >= 4 is 18.1 Å². The molecule has 1 heterocycles. The second-order valence-corrected chi connectivity index (χ2v) is 10.3. The third kappa shape index (κ3) is 5.29. The third-order valence-electron chi connectivity index (χ3n) is 7.76. The van der Waals surface area contributed by atoms with E-state index in [-0.39, 0.29) is 25.0 Å². The summed E-state index contributed by atoms with van der Waals surface area (Å²) in [5.41, 5.74) is 2.16. The molecule has 0 radical (unpaired) electrons. The molecule has 2 aromatic rings. The summed E-state index contributed by atoms with van der Waals surface area (Å²) in [4.78, 5) is 40.3. The number of hydrogen-bond acceptors (Lipinski definition) is 8. The first-order valence-corrected chi connectivity index (χ1v) is 13.5. The Morgan fingerprint density at radius 3 is 2.65 bits per heavy atom. The second kappa shape index (κ2) is 11.7. The van der Waals surface area contributed by atoms with E-state index < -0.39 is 30.1 Å². The molecule has 1 aliphatic heterocycles. The number of carbonyl (C=O) groups excluding carboxylic acids is 3. The molecule has 3 N–H and O–H groups in total. The van der Waals surface area contributed by atoms with Gasteiger partial charge in [-0.05, 0) is 55.2 Å². The molecule has 1 saturated carbocycles. The summed E-state index contributed by atoms with van der Waals surface area (Å²) in [5, 5.41) is 23.7. The molecule has 0 aromatic heterocycles. The summed E-state index contributed by atoms with van der Waals surface area (Å²) in [6.45, 7) is 0.101. The summed E-state index contributed by atoms with van der Waals surface area (Å²) in [6, 6.07) is 9.93. The molecule has 0 saturated heterocycles. The predicted molar refractivity (Wildman–Crippen MR) is 145 cm³/mol.